The highest BCUT2D eigenvalue weighted by Gasteiger charge is 2.17. The molecule has 8 nitrogen and oxygen atoms in total. The van der Waals surface area contributed by atoms with Gasteiger partial charge in [0.1, 0.15) is 23.2 Å². The normalized spacial score (nSPS) is 11.1. The van der Waals surface area contributed by atoms with Gasteiger partial charge >= 0.3 is 0 Å². The van der Waals surface area contributed by atoms with E-state index in [4.69, 9.17) is 13.9 Å². The van der Waals surface area contributed by atoms with Gasteiger partial charge in [-0.2, -0.15) is 10.4 Å². The van der Waals surface area contributed by atoms with Crippen LogP contribution in [0.3, 0.4) is 0 Å². The van der Waals surface area contributed by atoms with Crippen molar-refractivity contribution in [1.29, 1.82) is 5.26 Å². The predicted octanol–water partition coefficient (Wildman–Crippen LogP) is 4.57. The van der Waals surface area contributed by atoms with Crippen molar-refractivity contribution < 1.29 is 23.1 Å². The van der Waals surface area contributed by atoms with Gasteiger partial charge in [0.25, 0.3) is 5.91 Å². The molecule has 0 spiro atoms. The number of nitriles is 1. The summed E-state index contributed by atoms with van der Waals surface area (Å²) in [5, 5.41) is 17.1. The number of carbonyl (C=O) groups excluding carboxylic acids is 1. The van der Waals surface area contributed by atoms with Crippen molar-refractivity contribution in [3.05, 3.63) is 95.3 Å². The smallest absolute Gasteiger partial charge is 0.262 e. The zero-order valence-electron chi connectivity index (χ0n) is 19.7. The third kappa shape index (κ3) is 5.62. The van der Waals surface area contributed by atoms with Gasteiger partial charge < -0.3 is 19.2 Å². The van der Waals surface area contributed by atoms with E-state index in [1.807, 2.05) is 12.1 Å². The number of hydrogen-bond acceptors (Lipinski definition) is 6. The lowest BCUT2D eigenvalue weighted by molar-refractivity contribution is -0.117. The molecule has 2 aromatic carbocycles. The summed E-state index contributed by atoms with van der Waals surface area (Å²) in [6, 6.07) is 16.8. The van der Waals surface area contributed by atoms with Gasteiger partial charge in [-0.15, -0.1) is 0 Å². The SMILES string of the molecule is COc1ccc(-c2nn(Cc3ccc(F)cc3)cc2C=C(C#N)C(=O)NCc2ccco2)cc1OC. The number of carbonyl (C=O) groups is 1. The molecule has 0 fully saturated rings. The van der Waals surface area contributed by atoms with Crippen LogP contribution in [0.2, 0.25) is 0 Å². The first-order chi connectivity index (χ1) is 17.5. The molecule has 0 radical (unpaired) electrons. The van der Waals surface area contributed by atoms with Gasteiger partial charge in [-0.1, -0.05) is 12.1 Å². The number of nitrogens with one attached hydrogen (secondary N) is 1. The number of benzene rings is 2. The standard InChI is InChI=1S/C27H23FN4O4/c1-34-24-10-7-19(13-25(24)35-2)26-21(17-32(31-26)16-18-5-8-22(28)9-6-18)12-20(14-29)27(33)30-15-23-4-3-11-36-23/h3-13,17H,15-16H2,1-2H3,(H,30,33). The molecular formula is C27H23FN4O4. The summed E-state index contributed by atoms with van der Waals surface area (Å²) in [5.74, 6) is 0.763. The lowest BCUT2D eigenvalue weighted by atomic mass is 10.1. The molecule has 0 saturated carbocycles. The van der Waals surface area contributed by atoms with Crippen molar-refractivity contribution in [2.75, 3.05) is 14.2 Å². The van der Waals surface area contributed by atoms with E-state index >= 15 is 0 Å². The quantitative estimate of drug-likeness (QED) is 0.275. The van der Waals surface area contributed by atoms with Gasteiger partial charge in [0, 0.05) is 17.3 Å². The van der Waals surface area contributed by atoms with E-state index in [1.165, 1.54) is 31.6 Å². The molecule has 1 amide bonds. The zero-order chi connectivity index (χ0) is 25.5. The Hall–Kier alpha value is -4.84. The molecule has 182 valence electrons. The van der Waals surface area contributed by atoms with Crippen molar-refractivity contribution in [1.82, 2.24) is 15.1 Å². The largest absolute Gasteiger partial charge is 0.493 e. The lowest BCUT2D eigenvalue weighted by Crippen LogP contribution is -2.23. The number of hydrogen-bond donors (Lipinski definition) is 1. The van der Waals surface area contributed by atoms with Gasteiger partial charge in [-0.25, -0.2) is 4.39 Å². The number of amides is 1. The Bertz CT molecular complexity index is 1420. The van der Waals surface area contributed by atoms with Gasteiger partial charge in [-0.05, 0) is 54.1 Å². The Kier molecular flexibility index (Phi) is 7.46. The fourth-order valence-corrected chi connectivity index (χ4v) is 3.59. The van der Waals surface area contributed by atoms with Gasteiger partial charge in [0.2, 0.25) is 0 Å². The molecule has 4 aromatic rings. The molecule has 2 aromatic heterocycles. The summed E-state index contributed by atoms with van der Waals surface area (Å²) in [7, 11) is 3.08. The Balaban J connectivity index is 1.71. The summed E-state index contributed by atoms with van der Waals surface area (Å²) in [6.45, 7) is 0.512. The molecule has 4 rings (SSSR count). The minimum absolute atomic E-state index is 0.0929. The Labute approximate surface area is 207 Å². The summed E-state index contributed by atoms with van der Waals surface area (Å²) >= 11 is 0. The number of methoxy groups -OCH3 is 2. The number of furan rings is 1. The third-order valence-electron chi connectivity index (χ3n) is 5.37. The highest BCUT2D eigenvalue weighted by Crippen LogP contribution is 2.33. The van der Waals surface area contributed by atoms with Crippen LogP contribution < -0.4 is 14.8 Å². The third-order valence-corrected chi connectivity index (χ3v) is 5.37. The van der Waals surface area contributed by atoms with Crippen LogP contribution in [0.4, 0.5) is 4.39 Å². The average Bonchev–Trinajstić information content (AvgIpc) is 3.56. The second-order valence-electron chi connectivity index (χ2n) is 7.76. The van der Waals surface area contributed by atoms with Crippen LogP contribution in [-0.2, 0) is 17.9 Å². The van der Waals surface area contributed by atoms with E-state index in [2.05, 4.69) is 10.4 Å². The molecule has 0 aliphatic rings. The molecule has 0 atom stereocenters. The number of ether oxygens (including phenoxy) is 2. The van der Waals surface area contributed by atoms with Crippen molar-refractivity contribution in [3.63, 3.8) is 0 Å². The van der Waals surface area contributed by atoms with Crippen LogP contribution in [0.5, 0.6) is 11.5 Å². The monoisotopic (exact) mass is 486 g/mol. The van der Waals surface area contributed by atoms with Crippen LogP contribution in [0.1, 0.15) is 16.9 Å². The fourth-order valence-electron chi connectivity index (χ4n) is 3.59. The summed E-state index contributed by atoms with van der Waals surface area (Å²) in [5.41, 5.74) is 2.53. The Morgan fingerprint density at radius 2 is 1.94 bits per heavy atom. The number of nitrogens with zero attached hydrogens (tertiary/aromatic N) is 3. The molecule has 0 bridgehead atoms. The summed E-state index contributed by atoms with van der Waals surface area (Å²) in [6.07, 6.45) is 4.72. The molecular weight excluding hydrogens is 463 g/mol. The second kappa shape index (κ2) is 11.1. The molecule has 9 heteroatoms. The maximum absolute atomic E-state index is 13.3. The fraction of sp³-hybridized carbons (Fsp3) is 0.148. The van der Waals surface area contributed by atoms with E-state index in [-0.39, 0.29) is 17.9 Å². The first kappa shape index (κ1) is 24.3. The number of halogens is 1. The average molecular weight is 487 g/mol. The summed E-state index contributed by atoms with van der Waals surface area (Å²) in [4.78, 5) is 12.7. The maximum atomic E-state index is 13.3. The van der Waals surface area contributed by atoms with Crippen LogP contribution in [0.25, 0.3) is 17.3 Å². The predicted molar refractivity (Wildman–Crippen MR) is 130 cm³/mol. The number of rotatable bonds is 9. The molecule has 1 N–H and O–H groups in total. The van der Waals surface area contributed by atoms with E-state index in [0.29, 0.717) is 40.6 Å². The van der Waals surface area contributed by atoms with Crippen molar-refractivity contribution in [3.8, 4) is 28.8 Å². The van der Waals surface area contributed by atoms with Gasteiger partial charge in [0.05, 0.1) is 39.3 Å². The minimum atomic E-state index is -0.543. The maximum Gasteiger partial charge on any atom is 0.262 e. The molecule has 2 heterocycles. The van der Waals surface area contributed by atoms with Crippen LogP contribution in [0.15, 0.2) is 77.0 Å². The zero-order valence-corrected chi connectivity index (χ0v) is 19.7. The molecule has 0 aliphatic carbocycles. The molecule has 0 unspecified atom stereocenters. The van der Waals surface area contributed by atoms with E-state index in [9.17, 15) is 14.4 Å². The first-order valence-corrected chi connectivity index (χ1v) is 11.0. The molecule has 36 heavy (non-hydrogen) atoms. The molecule has 0 saturated heterocycles. The minimum Gasteiger partial charge on any atom is -0.493 e. The van der Waals surface area contributed by atoms with Crippen molar-refractivity contribution in [2.45, 2.75) is 13.1 Å². The van der Waals surface area contributed by atoms with E-state index in [0.717, 1.165) is 5.56 Å². The number of aromatic nitrogens is 2. The lowest BCUT2D eigenvalue weighted by Gasteiger charge is -2.09. The Morgan fingerprint density at radius 1 is 1.17 bits per heavy atom. The van der Waals surface area contributed by atoms with Gasteiger partial charge in [-0.3, -0.25) is 9.48 Å². The van der Waals surface area contributed by atoms with Gasteiger partial charge in [0.15, 0.2) is 11.5 Å². The first-order valence-electron chi connectivity index (χ1n) is 11.0. The second-order valence-corrected chi connectivity index (χ2v) is 7.76. The molecule has 0 aliphatic heterocycles. The highest BCUT2D eigenvalue weighted by molar-refractivity contribution is 6.02. The van der Waals surface area contributed by atoms with Crippen molar-refractivity contribution >= 4 is 12.0 Å². The van der Waals surface area contributed by atoms with E-state index < -0.39 is 5.91 Å². The highest BCUT2D eigenvalue weighted by atomic mass is 19.1. The van der Waals surface area contributed by atoms with E-state index in [1.54, 1.807) is 54.4 Å². The van der Waals surface area contributed by atoms with Crippen LogP contribution in [0, 0.1) is 17.1 Å². The Morgan fingerprint density at radius 3 is 2.61 bits per heavy atom. The van der Waals surface area contributed by atoms with Crippen molar-refractivity contribution in [2.24, 2.45) is 0 Å². The summed E-state index contributed by atoms with van der Waals surface area (Å²) < 4.78 is 31.0. The topological polar surface area (TPSA) is 102 Å². The van der Waals surface area contributed by atoms with Crippen LogP contribution in [-0.4, -0.2) is 29.9 Å². The van der Waals surface area contributed by atoms with Crippen LogP contribution >= 0.6 is 0 Å².